The molecule has 21 heavy (non-hydrogen) atoms. The molecule has 1 atom stereocenters. The number of rotatable bonds is 16. The third-order valence-electron chi connectivity index (χ3n) is 4.38. The van der Waals surface area contributed by atoms with Crippen LogP contribution >= 0.6 is 11.6 Å². The third kappa shape index (κ3) is 16.2. The van der Waals surface area contributed by atoms with E-state index < -0.39 is 0 Å². The van der Waals surface area contributed by atoms with Crippen LogP contribution in [0.15, 0.2) is 0 Å². The van der Waals surface area contributed by atoms with Gasteiger partial charge >= 0.3 is 0 Å². The van der Waals surface area contributed by atoms with Crippen molar-refractivity contribution >= 4 is 16.8 Å². The van der Waals surface area contributed by atoms with Crippen LogP contribution in [0, 0.1) is 5.92 Å². The van der Waals surface area contributed by atoms with E-state index >= 15 is 0 Å². The first kappa shape index (κ1) is 21.0. The van der Waals surface area contributed by atoms with Crippen LogP contribution in [0.25, 0.3) is 0 Å². The maximum Gasteiger partial charge on any atom is 0.224 e. The average molecular weight is 317 g/mol. The predicted octanol–water partition coefficient (Wildman–Crippen LogP) is 7.26. The standard InChI is InChI=1S/C19H37ClO/c1-3-4-5-6-7-8-9-10-11-12-13-14-15-16-17-18(2)19(20)21/h18H,3-17H2,1-2H3. The van der Waals surface area contributed by atoms with Gasteiger partial charge in [0.05, 0.1) is 0 Å². The molecule has 0 N–H and O–H groups in total. The van der Waals surface area contributed by atoms with Gasteiger partial charge in [-0.25, -0.2) is 0 Å². The van der Waals surface area contributed by atoms with Crippen LogP contribution in [0.3, 0.4) is 0 Å². The van der Waals surface area contributed by atoms with Crippen molar-refractivity contribution in [3.05, 3.63) is 0 Å². The summed E-state index contributed by atoms with van der Waals surface area (Å²) in [5.74, 6) is 0.0454. The minimum atomic E-state index is -0.176. The lowest BCUT2D eigenvalue weighted by Crippen LogP contribution is -2.02. The molecule has 0 aromatic rings. The Morgan fingerprint density at radius 1 is 0.714 bits per heavy atom. The first-order valence-corrected chi connectivity index (χ1v) is 9.75. The third-order valence-corrected chi connectivity index (χ3v) is 4.75. The number of carbonyl (C=O) groups is 1. The van der Waals surface area contributed by atoms with Gasteiger partial charge in [0, 0.05) is 5.92 Å². The van der Waals surface area contributed by atoms with Crippen molar-refractivity contribution in [3.8, 4) is 0 Å². The van der Waals surface area contributed by atoms with Gasteiger partial charge in [0.2, 0.25) is 5.24 Å². The van der Waals surface area contributed by atoms with Gasteiger partial charge in [0.15, 0.2) is 0 Å². The van der Waals surface area contributed by atoms with Gasteiger partial charge in [-0.05, 0) is 18.0 Å². The van der Waals surface area contributed by atoms with Crippen molar-refractivity contribution in [2.24, 2.45) is 5.92 Å². The topological polar surface area (TPSA) is 17.1 Å². The zero-order valence-electron chi connectivity index (χ0n) is 14.5. The second kappa shape index (κ2) is 16.3. The highest BCUT2D eigenvalue weighted by molar-refractivity contribution is 6.63. The summed E-state index contributed by atoms with van der Waals surface area (Å²) in [7, 11) is 0. The van der Waals surface area contributed by atoms with E-state index in [1.165, 1.54) is 83.5 Å². The molecule has 0 aliphatic heterocycles. The van der Waals surface area contributed by atoms with Gasteiger partial charge in [-0.2, -0.15) is 0 Å². The largest absolute Gasteiger partial charge is 0.281 e. The summed E-state index contributed by atoms with van der Waals surface area (Å²) in [6, 6.07) is 0. The maximum atomic E-state index is 10.9. The van der Waals surface area contributed by atoms with Crippen molar-refractivity contribution < 1.29 is 4.79 Å². The van der Waals surface area contributed by atoms with Crippen LogP contribution in [0.5, 0.6) is 0 Å². The molecular weight excluding hydrogens is 280 g/mol. The molecule has 0 aromatic heterocycles. The minimum absolute atomic E-state index is 0.0454. The monoisotopic (exact) mass is 316 g/mol. The molecule has 0 aliphatic rings. The van der Waals surface area contributed by atoms with Gasteiger partial charge < -0.3 is 0 Å². The molecule has 126 valence electrons. The SMILES string of the molecule is CCCCCCCCCCCCCCCCC(C)C(=O)Cl. The fourth-order valence-corrected chi connectivity index (χ4v) is 2.87. The molecule has 0 aliphatic carbocycles. The fourth-order valence-electron chi connectivity index (χ4n) is 2.76. The Morgan fingerprint density at radius 2 is 1.05 bits per heavy atom. The van der Waals surface area contributed by atoms with Crippen LogP contribution in [-0.2, 0) is 4.79 Å². The molecule has 0 radical (unpaired) electrons. The molecule has 0 fully saturated rings. The smallest absolute Gasteiger partial charge is 0.224 e. The summed E-state index contributed by atoms with van der Waals surface area (Å²) in [6.45, 7) is 4.20. The van der Waals surface area contributed by atoms with E-state index in [-0.39, 0.29) is 11.2 Å². The van der Waals surface area contributed by atoms with Crippen LogP contribution in [0.4, 0.5) is 0 Å². The first-order valence-electron chi connectivity index (χ1n) is 9.37. The zero-order chi connectivity index (χ0) is 15.8. The predicted molar refractivity (Wildman–Crippen MR) is 95.0 cm³/mol. The Morgan fingerprint density at radius 3 is 1.38 bits per heavy atom. The molecular formula is C19H37ClO. The van der Waals surface area contributed by atoms with E-state index in [9.17, 15) is 4.79 Å². The lowest BCUT2D eigenvalue weighted by Gasteiger charge is -2.05. The molecule has 0 saturated heterocycles. The average Bonchev–Trinajstić information content (AvgIpc) is 2.47. The molecule has 0 amide bonds. The molecule has 0 bridgehead atoms. The van der Waals surface area contributed by atoms with Crippen LogP contribution < -0.4 is 0 Å². The molecule has 0 aromatic carbocycles. The highest BCUT2D eigenvalue weighted by Crippen LogP contribution is 2.15. The van der Waals surface area contributed by atoms with Crippen LogP contribution in [0.1, 0.15) is 110 Å². The number of unbranched alkanes of at least 4 members (excludes halogenated alkanes) is 13. The van der Waals surface area contributed by atoms with Gasteiger partial charge in [-0.15, -0.1) is 0 Å². The van der Waals surface area contributed by atoms with Gasteiger partial charge in [0.1, 0.15) is 0 Å². The van der Waals surface area contributed by atoms with E-state index in [0.717, 1.165) is 12.8 Å². The summed E-state index contributed by atoms with van der Waals surface area (Å²) in [6.07, 6.45) is 20.2. The van der Waals surface area contributed by atoms with Crippen molar-refractivity contribution in [1.82, 2.24) is 0 Å². The lowest BCUT2D eigenvalue weighted by molar-refractivity contribution is -0.114. The van der Waals surface area contributed by atoms with Crippen molar-refractivity contribution in [2.45, 2.75) is 110 Å². The van der Waals surface area contributed by atoms with E-state index in [4.69, 9.17) is 11.6 Å². The van der Waals surface area contributed by atoms with Gasteiger partial charge in [0.25, 0.3) is 0 Å². The molecule has 1 unspecified atom stereocenters. The highest BCUT2D eigenvalue weighted by Gasteiger charge is 2.08. The van der Waals surface area contributed by atoms with Gasteiger partial charge in [-0.1, -0.05) is 104 Å². The Hall–Kier alpha value is -0.0400. The summed E-state index contributed by atoms with van der Waals surface area (Å²) in [5, 5.41) is -0.176. The Labute approximate surface area is 138 Å². The lowest BCUT2D eigenvalue weighted by atomic mass is 10.0. The van der Waals surface area contributed by atoms with E-state index in [2.05, 4.69) is 6.92 Å². The summed E-state index contributed by atoms with van der Waals surface area (Å²) >= 11 is 5.45. The zero-order valence-corrected chi connectivity index (χ0v) is 15.2. The Kier molecular flexibility index (Phi) is 16.3. The summed E-state index contributed by atoms with van der Waals surface area (Å²) in [5.41, 5.74) is 0. The first-order chi connectivity index (χ1) is 10.2. The Bertz CT molecular complexity index is 228. The highest BCUT2D eigenvalue weighted by atomic mass is 35.5. The van der Waals surface area contributed by atoms with Gasteiger partial charge in [-0.3, -0.25) is 4.79 Å². The second-order valence-electron chi connectivity index (χ2n) is 6.59. The Balaban J connectivity index is 3.04. The van der Waals surface area contributed by atoms with Crippen LogP contribution in [0.2, 0.25) is 0 Å². The van der Waals surface area contributed by atoms with Crippen molar-refractivity contribution in [3.63, 3.8) is 0 Å². The van der Waals surface area contributed by atoms with Crippen molar-refractivity contribution in [2.75, 3.05) is 0 Å². The molecule has 0 rings (SSSR count). The molecule has 1 nitrogen and oxygen atoms in total. The number of halogens is 1. The normalized spacial score (nSPS) is 12.5. The van der Waals surface area contributed by atoms with Crippen molar-refractivity contribution in [1.29, 1.82) is 0 Å². The number of hydrogen-bond donors (Lipinski definition) is 0. The fraction of sp³-hybridized carbons (Fsp3) is 0.947. The minimum Gasteiger partial charge on any atom is -0.281 e. The van der Waals surface area contributed by atoms with E-state index in [1.807, 2.05) is 6.92 Å². The summed E-state index contributed by atoms with van der Waals surface area (Å²) < 4.78 is 0. The molecule has 0 saturated carbocycles. The number of hydrogen-bond acceptors (Lipinski definition) is 1. The molecule has 2 heteroatoms. The quantitative estimate of drug-likeness (QED) is 0.216. The number of carbonyl (C=O) groups excluding carboxylic acids is 1. The molecule has 0 spiro atoms. The van der Waals surface area contributed by atoms with Crippen LogP contribution in [-0.4, -0.2) is 5.24 Å². The van der Waals surface area contributed by atoms with E-state index in [0.29, 0.717) is 0 Å². The molecule has 0 heterocycles. The second-order valence-corrected chi connectivity index (χ2v) is 6.96. The maximum absolute atomic E-state index is 10.9. The van der Waals surface area contributed by atoms with E-state index in [1.54, 1.807) is 0 Å². The summed E-state index contributed by atoms with van der Waals surface area (Å²) in [4.78, 5) is 10.9.